The minimum absolute atomic E-state index is 0.454. The highest BCUT2D eigenvalue weighted by atomic mass is 79.9. The van der Waals surface area contributed by atoms with Crippen LogP contribution in [-0.4, -0.2) is 0 Å². The number of rotatable bonds is 1. The van der Waals surface area contributed by atoms with Crippen LogP contribution in [-0.2, 0) is 6.42 Å². The van der Waals surface area contributed by atoms with E-state index in [1.807, 2.05) is 13.8 Å². The summed E-state index contributed by atoms with van der Waals surface area (Å²) in [6, 6.07) is 6.70. The van der Waals surface area contributed by atoms with Crippen molar-refractivity contribution in [2.45, 2.75) is 53.4 Å². The fraction of sp³-hybridized carbons (Fsp3) is 0.600. The molecule has 0 N–H and O–H groups in total. The maximum Gasteiger partial charge on any atom is 0.0178 e. The molecule has 0 radical (unpaired) electrons. The quantitative estimate of drug-likeness (QED) is 0.633. The second-order valence-electron chi connectivity index (χ2n) is 5.51. The SMILES string of the molecule is CC.CC(C)(C)CC1Cc2cc(Br)ccc21. The first-order chi connectivity index (χ1) is 7.46. The Bertz CT molecular complexity index is 347. The minimum atomic E-state index is 0.454. The Kier molecular flexibility index (Phi) is 4.61. The molecule has 0 spiro atoms. The Morgan fingerprint density at radius 3 is 2.38 bits per heavy atom. The van der Waals surface area contributed by atoms with Gasteiger partial charge in [-0.1, -0.05) is 56.6 Å². The molecule has 0 heterocycles. The van der Waals surface area contributed by atoms with Crippen molar-refractivity contribution in [3.8, 4) is 0 Å². The molecule has 1 atom stereocenters. The van der Waals surface area contributed by atoms with Crippen molar-refractivity contribution in [3.05, 3.63) is 33.8 Å². The van der Waals surface area contributed by atoms with Gasteiger partial charge in [0.1, 0.15) is 0 Å². The Morgan fingerprint density at radius 2 is 1.88 bits per heavy atom. The van der Waals surface area contributed by atoms with E-state index in [1.54, 1.807) is 5.56 Å². The van der Waals surface area contributed by atoms with Crippen molar-refractivity contribution < 1.29 is 0 Å². The predicted molar refractivity (Wildman–Crippen MR) is 76.0 cm³/mol. The lowest BCUT2D eigenvalue weighted by Crippen LogP contribution is -2.22. The van der Waals surface area contributed by atoms with E-state index in [-0.39, 0.29) is 0 Å². The van der Waals surface area contributed by atoms with Crippen LogP contribution in [0.5, 0.6) is 0 Å². The molecule has 0 saturated heterocycles. The average Bonchev–Trinajstić information content (AvgIpc) is 2.16. The molecule has 1 heteroatoms. The lowest BCUT2D eigenvalue weighted by molar-refractivity contribution is 0.323. The number of fused-ring (bicyclic) bond motifs is 1. The van der Waals surface area contributed by atoms with Crippen LogP contribution in [0.2, 0.25) is 0 Å². The molecule has 0 amide bonds. The standard InChI is InChI=1S/C13H17Br.C2H6/c1-13(2,3)8-10-6-9-7-11(14)4-5-12(9)10;1-2/h4-5,7,10H,6,8H2,1-3H3;1-2H3. The Labute approximate surface area is 109 Å². The van der Waals surface area contributed by atoms with Gasteiger partial charge in [0.15, 0.2) is 0 Å². The van der Waals surface area contributed by atoms with Crippen molar-refractivity contribution >= 4 is 15.9 Å². The van der Waals surface area contributed by atoms with Crippen molar-refractivity contribution in [1.82, 2.24) is 0 Å². The van der Waals surface area contributed by atoms with Crippen LogP contribution in [0.15, 0.2) is 22.7 Å². The summed E-state index contributed by atoms with van der Waals surface area (Å²) >= 11 is 3.51. The summed E-state index contributed by atoms with van der Waals surface area (Å²) < 4.78 is 1.21. The van der Waals surface area contributed by atoms with E-state index < -0.39 is 0 Å². The lowest BCUT2D eigenvalue weighted by Gasteiger charge is -2.35. The van der Waals surface area contributed by atoms with E-state index in [2.05, 4.69) is 54.9 Å². The van der Waals surface area contributed by atoms with Crippen LogP contribution in [0, 0.1) is 5.41 Å². The molecule has 0 fully saturated rings. The Balaban J connectivity index is 0.000000606. The van der Waals surface area contributed by atoms with Crippen LogP contribution in [0.4, 0.5) is 0 Å². The van der Waals surface area contributed by atoms with E-state index in [1.165, 1.54) is 22.9 Å². The molecular formula is C15H23Br. The summed E-state index contributed by atoms with van der Waals surface area (Å²) in [4.78, 5) is 0. The number of hydrogen-bond acceptors (Lipinski definition) is 0. The van der Waals surface area contributed by atoms with Crippen molar-refractivity contribution in [2.75, 3.05) is 0 Å². The molecular weight excluding hydrogens is 260 g/mol. The van der Waals surface area contributed by atoms with Crippen LogP contribution in [0.3, 0.4) is 0 Å². The summed E-state index contributed by atoms with van der Waals surface area (Å²) in [6.45, 7) is 11.0. The highest BCUT2D eigenvalue weighted by molar-refractivity contribution is 9.10. The monoisotopic (exact) mass is 282 g/mol. The third-order valence-corrected chi connectivity index (χ3v) is 3.36. The largest absolute Gasteiger partial charge is 0.0683 e. The van der Waals surface area contributed by atoms with Crippen molar-refractivity contribution in [3.63, 3.8) is 0 Å². The van der Waals surface area contributed by atoms with Gasteiger partial charge in [0.05, 0.1) is 0 Å². The van der Waals surface area contributed by atoms with E-state index in [9.17, 15) is 0 Å². The first kappa shape index (κ1) is 13.8. The topological polar surface area (TPSA) is 0 Å². The maximum atomic E-state index is 3.51. The molecule has 0 aromatic heterocycles. The first-order valence-corrected chi connectivity index (χ1v) is 7.03. The van der Waals surface area contributed by atoms with E-state index in [0.717, 1.165) is 5.92 Å². The molecule has 1 aromatic rings. The zero-order chi connectivity index (χ0) is 12.3. The second kappa shape index (κ2) is 5.35. The molecule has 1 unspecified atom stereocenters. The fourth-order valence-corrected chi connectivity index (χ4v) is 2.72. The molecule has 1 aliphatic carbocycles. The lowest BCUT2D eigenvalue weighted by atomic mass is 9.70. The third-order valence-electron chi connectivity index (χ3n) is 2.87. The highest BCUT2D eigenvalue weighted by Crippen LogP contribution is 2.43. The van der Waals surface area contributed by atoms with Gasteiger partial charge in [0, 0.05) is 4.47 Å². The molecule has 0 aliphatic heterocycles. The first-order valence-electron chi connectivity index (χ1n) is 6.24. The van der Waals surface area contributed by atoms with Gasteiger partial charge in [-0.25, -0.2) is 0 Å². The highest BCUT2D eigenvalue weighted by Gasteiger charge is 2.29. The number of hydrogen-bond donors (Lipinski definition) is 0. The smallest absolute Gasteiger partial charge is 0.0178 e. The van der Waals surface area contributed by atoms with Crippen LogP contribution in [0.25, 0.3) is 0 Å². The molecule has 0 bridgehead atoms. The van der Waals surface area contributed by atoms with E-state index in [4.69, 9.17) is 0 Å². The molecule has 2 rings (SSSR count). The molecule has 90 valence electrons. The van der Waals surface area contributed by atoms with Gasteiger partial charge < -0.3 is 0 Å². The van der Waals surface area contributed by atoms with Gasteiger partial charge in [-0.3, -0.25) is 0 Å². The van der Waals surface area contributed by atoms with Gasteiger partial charge in [-0.2, -0.15) is 0 Å². The normalized spacial score (nSPS) is 18.0. The zero-order valence-electron chi connectivity index (χ0n) is 11.1. The Morgan fingerprint density at radius 1 is 1.25 bits per heavy atom. The fourth-order valence-electron chi connectivity index (χ4n) is 2.32. The third kappa shape index (κ3) is 3.35. The second-order valence-corrected chi connectivity index (χ2v) is 6.42. The van der Waals surface area contributed by atoms with Crippen molar-refractivity contribution in [2.24, 2.45) is 5.41 Å². The summed E-state index contributed by atoms with van der Waals surface area (Å²) in [7, 11) is 0. The van der Waals surface area contributed by atoms with Gasteiger partial charge in [0.2, 0.25) is 0 Å². The molecule has 0 nitrogen and oxygen atoms in total. The van der Waals surface area contributed by atoms with E-state index in [0.29, 0.717) is 5.41 Å². The molecule has 0 saturated carbocycles. The summed E-state index contributed by atoms with van der Waals surface area (Å²) in [5, 5.41) is 0. The predicted octanol–water partition coefficient (Wildman–Crippen LogP) is 5.55. The molecule has 1 aromatic carbocycles. The summed E-state index contributed by atoms with van der Waals surface area (Å²) in [5.74, 6) is 0.804. The van der Waals surface area contributed by atoms with Crippen LogP contribution < -0.4 is 0 Å². The maximum absolute atomic E-state index is 3.51. The minimum Gasteiger partial charge on any atom is -0.0683 e. The van der Waals surface area contributed by atoms with Gasteiger partial charge in [-0.05, 0) is 47.4 Å². The zero-order valence-corrected chi connectivity index (χ0v) is 12.7. The van der Waals surface area contributed by atoms with E-state index >= 15 is 0 Å². The van der Waals surface area contributed by atoms with Crippen molar-refractivity contribution in [1.29, 1.82) is 0 Å². The average molecular weight is 283 g/mol. The molecule has 16 heavy (non-hydrogen) atoms. The Hall–Kier alpha value is -0.300. The van der Waals surface area contributed by atoms with Gasteiger partial charge >= 0.3 is 0 Å². The number of benzene rings is 1. The van der Waals surface area contributed by atoms with Gasteiger partial charge in [-0.15, -0.1) is 0 Å². The summed E-state index contributed by atoms with van der Waals surface area (Å²) in [5.41, 5.74) is 3.56. The summed E-state index contributed by atoms with van der Waals surface area (Å²) in [6.07, 6.45) is 2.58. The van der Waals surface area contributed by atoms with Crippen LogP contribution in [0.1, 0.15) is 58.1 Å². The molecule has 1 aliphatic rings. The number of halogens is 1. The van der Waals surface area contributed by atoms with Gasteiger partial charge in [0.25, 0.3) is 0 Å². The van der Waals surface area contributed by atoms with Crippen LogP contribution >= 0.6 is 15.9 Å².